The van der Waals surface area contributed by atoms with E-state index in [1.54, 1.807) is 12.1 Å². The molecular weight excluding hydrogens is 345 g/mol. The number of rotatable bonds is 4. The topological polar surface area (TPSA) is 35.2 Å². The van der Waals surface area contributed by atoms with Gasteiger partial charge in [0.1, 0.15) is 18.2 Å². The Kier molecular flexibility index (Phi) is 5.02. The first-order valence-electron chi connectivity index (χ1n) is 6.07. The van der Waals surface area contributed by atoms with Crippen LogP contribution >= 0.6 is 27.5 Å². The number of hydrogen-bond acceptors (Lipinski definition) is 2. The molecule has 2 aromatic carbocycles. The molecule has 20 heavy (non-hydrogen) atoms. The van der Waals surface area contributed by atoms with Crippen molar-refractivity contribution in [3.63, 3.8) is 0 Å². The van der Waals surface area contributed by atoms with E-state index >= 15 is 0 Å². The molecule has 2 N–H and O–H groups in total. The van der Waals surface area contributed by atoms with Gasteiger partial charge >= 0.3 is 0 Å². The van der Waals surface area contributed by atoms with Gasteiger partial charge in [-0.2, -0.15) is 0 Å². The molecule has 5 heteroatoms. The molecule has 0 atom stereocenters. The Hall–Kier alpha value is -1.10. The normalized spacial score (nSPS) is 10.7. The summed E-state index contributed by atoms with van der Waals surface area (Å²) in [6.07, 6.45) is 0. The van der Waals surface area contributed by atoms with E-state index < -0.39 is 5.82 Å². The van der Waals surface area contributed by atoms with Crippen LogP contribution in [0.25, 0.3) is 0 Å². The van der Waals surface area contributed by atoms with Gasteiger partial charge in [0.25, 0.3) is 0 Å². The predicted molar refractivity (Wildman–Crippen MR) is 82.5 cm³/mol. The minimum atomic E-state index is -0.446. The van der Waals surface area contributed by atoms with Crippen LogP contribution in [0.1, 0.15) is 16.7 Å². The van der Waals surface area contributed by atoms with Crippen molar-refractivity contribution in [1.82, 2.24) is 0 Å². The Morgan fingerprint density at radius 1 is 1.30 bits per heavy atom. The fourth-order valence-electron chi connectivity index (χ4n) is 1.97. The second-order valence-corrected chi connectivity index (χ2v) is 5.74. The Morgan fingerprint density at radius 3 is 2.75 bits per heavy atom. The van der Waals surface area contributed by atoms with Gasteiger partial charge in [-0.05, 0) is 30.7 Å². The van der Waals surface area contributed by atoms with Crippen LogP contribution in [0.5, 0.6) is 5.75 Å². The van der Waals surface area contributed by atoms with Crippen LogP contribution in [0.4, 0.5) is 4.39 Å². The first-order chi connectivity index (χ1) is 9.52. The molecule has 0 spiro atoms. The molecule has 0 bridgehead atoms. The third-order valence-electron chi connectivity index (χ3n) is 2.94. The summed E-state index contributed by atoms with van der Waals surface area (Å²) in [6.45, 7) is 2.39. The summed E-state index contributed by atoms with van der Waals surface area (Å²) in [7, 11) is 0. The highest BCUT2D eigenvalue weighted by molar-refractivity contribution is 9.10. The number of nitrogens with two attached hydrogens (primary N) is 1. The summed E-state index contributed by atoms with van der Waals surface area (Å²) in [6, 6.07) is 8.69. The lowest BCUT2D eigenvalue weighted by Crippen LogP contribution is -2.05. The van der Waals surface area contributed by atoms with E-state index in [9.17, 15) is 4.39 Å². The lowest BCUT2D eigenvalue weighted by atomic mass is 10.1. The van der Waals surface area contributed by atoms with Crippen LogP contribution in [0.3, 0.4) is 0 Å². The van der Waals surface area contributed by atoms with Crippen LogP contribution in [0, 0.1) is 12.7 Å². The first-order valence-corrected chi connectivity index (χ1v) is 7.24. The Morgan fingerprint density at radius 2 is 2.05 bits per heavy atom. The summed E-state index contributed by atoms with van der Waals surface area (Å²) in [5, 5.41) is 0.0951. The molecule has 0 fully saturated rings. The van der Waals surface area contributed by atoms with Crippen molar-refractivity contribution < 1.29 is 9.13 Å². The molecule has 0 aliphatic carbocycles. The highest BCUT2D eigenvalue weighted by Gasteiger charge is 2.11. The average molecular weight is 359 g/mol. The van der Waals surface area contributed by atoms with Crippen molar-refractivity contribution in [2.75, 3.05) is 0 Å². The second kappa shape index (κ2) is 6.57. The van der Waals surface area contributed by atoms with Crippen molar-refractivity contribution in [2.24, 2.45) is 5.73 Å². The number of benzene rings is 2. The molecule has 0 aromatic heterocycles. The minimum Gasteiger partial charge on any atom is -0.488 e. The molecule has 0 aliphatic rings. The van der Waals surface area contributed by atoms with Crippen molar-refractivity contribution in [1.29, 1.82) is 0 Å². The first kappa shape index (κ1) is 15.3. The van der Waals surface area contributed by atoms with E-state index in [-0.39, 0.29) is 11.6 Å². The standard InChI is InChI=1S/C15H14BrClFNO/c1-9-5-12(16)6-11(7-19)15(9)20-8-10-3-2-4-13(17)14(10)18/h2-6H,7-8,19H2,1H3. The number of halogens is 3. The number of hydrogen-bond donors (Lipinski definition) is 1. The van der Waals surface area contributed by atoms with Gasteiger partial charge in [-0.15, -0.1) is 0 Å². The van der Waals surface area contributed by atoms with Crippen LogP contribution in [-0.4, -0.2) is 0 Å². The van der Waals surface area contributed by atoms with E-state index in [0.717, 1.165) is 15.6 Å². The molecule has 0 radical (unpaired) electrons. The molecular formula is C15H14BrClFNO. The summed E-state index contributed by atoms with van der Waals surface area (Å²) in [5.74, 6) is 0.244. The third kappa shape index (κ3) is 3.32. The summed E-state index contributed by atoms with van der Waals surface area (Å²) >= 11 is 9.17. The van der Waals surface area contributed by atoms with Gasteiger partial charge in [-0.25, -0.2) is 4.39 Å². The third-order valence-corrected chi connectivity index (χ3v) is 3.69. The quantitative estimate of drug-likeness (QED) is 0.867. The van der Waals surface area contributed by atoms with E-state index in [4.69, 9.17) is 22.1 Å². The van der Waals surface area contributed by atoms with Crippen LogP contribution in [-0.2, 0) is 13.2 Å². The van der Waals surface area contributed by atoms with Gasteiger partial charge in [0.05, 0.1) is 5.02 Å². The SMILES string of the molecule is Cc1cc(Br)cc(CN)c1OCc1cccc(Cl)c1F. The molecule has 0 saturated carbocycles. The van der Waals surface area contributed by atoms with Gasteiger partial charge in [0, 0.05) is 22.1 Å². The fraction of sp³-hybridized carbons (Fsp3) is 0.200. The maximum absolute atomic E-state index is 13.8. The zero-order valence-electron chi connectivity index (χ0n) is 10.9. The van der Waals surface area contributed by atoms with Gasteiger partial charge in [-0.3, -0.25) is 0 Å². The molecule has 0 amide bonds. The molecule has 106 valence electrons. The van der Waals surface area contributed by atoms with E-state index in [1.807, 2.05) is 19.1 Å². The molecule has 2 rings (SSSR count). The highest BCUT2D eigenvalue weighted by atomic mass is 79.9. The smallest absolute Gasteiger partial charge is 0.148 e. The Balaban J connectivity index is 2.25. The average Bonchev–Trinajstić information content (AvgIpc) is 2.41. The van der Waals surface area contributed by atoms with Crippen molar-refractivity contribution in [2.45, 2.75) is 20.1 Å². The van der Waals surface area contributed by atoms with Crippen LogP contribution in [0.2, 0.25) is 5.02 Å². The fourth-order valence-corrected chi connectivity index (χ4v) is 2.78. The number of ether oxygens (including phenoxy) is 1. The van der Waals surface area contributed by atoms with Crippen LogP contribution < -0.4 is 10.5 Å². The van der Waals surface area contributed by atoms with Crippen molar-refractivity contribution in [3.8, 4) is 5.75 Å². The van der Waals surface area contributed by atoms with Gasteiger partial charge in [0.2, 0.25) is 0 Å². The molecule has 2 nitrogen and oxygen atoms in total. The zero-order valence-corrected chi connectivity index (χ0v) is 13.3. The van der Waals surface area contributed by atoms with Gasteiger partial charge in [0.15, 0.2) is 0 Å². The van der Waals surface area contributed by atoms with Crippen LogP contribution in [0.15, 0.2) is 34.8 Å². The lowest BCUT2D eigenvalue weighted by Gasteiger charge is -2.14. The molecule has 0 heterocycles. The number of aryl methyl sites for hydroxylation is 1. The summed E-state index contributed by atoms with van der Waals surface area (Å²) < 4.78 is 20.5. The van der Waals surface area contributed by atoms with Crippen molar-refractivity contribution >= 4 is 27.5 Å². The zero-order chi connectivity index (χ0) is 14.7. The van der Waals surface area contributed by atoms with E-state index in [1.165, 1.54) is 6.07 Å². The maximum atomic E-state index is 13.8. The Labute approximate surface area is 130 Å². The lowest BCUT2D eigenvalue weighted by molar-refractivity contribution is 0.294. The minimum absolute atomic E-state index is 0.0951. The highest BCUT2D eigenvalue weighted by Crippen LogP contribution is 2.29. The molecule has 0 unspecified atom stereocenters. The largest absolute Gasteiger partial charge is 0.488 e. The van der Waals surface area contributed by atoms with Crippen molar-refractivity contribution in [3.05, 3.63) is 62.3 Å². The monoisotopic (exact) mass is 357 g/mol. The molecule has 0 saturated heterocycles. The van der Waals surface area contributed by atoms with Gasteiger partial charge in [-0.1, -0.05) is 39.7 Å². The molecule has 2 aromatic rings. The van der Waals surface area contributed by atoms with E-state index in [2.05, 4.69) is 15.9 Å². The Bertz CT molecular complexity index is 634. The van der Waals surface area contributed by atoms with Gasteiger partial charge < -0.3 is 10.5 Å². The molecule has 0 aliphatic heterocycles. The summed E-state index contributed by atoms with van der Waals surface area (Å²) in [5.41, 5.74) is 7.96. The second-order valence-electron chi connectivity index (χ2n) is 4.42. The predicted octanol–water partition coefficient (Wildman–Crippen LogP) is 4.59. The summed E-state index contributed by atoms with van der Waals surface area (Å²) in [4.78, 5) is 0. The van der Waals surface area contributed by atoms with E-state index in [0.29, 0.717) is 17.9 Å². The maximum Gasteiger partial charge on any atom is 0.148 e.